The summed E-state index contributed by atoms with van der Waals surface area (Å²) in [6.07, 6.45) is 2.27. The lowest BCUT2D eigenvalue weighted by atomic mass is 10.0. The molecule has 7 heteroatoms. The van der Waals surface area contributed by atoms with E-state index in [1.807, 2.05) is 6.07 Å². The lowest BCUT2D eigenvalue weighted by molar-refractivity contribution is -0.136. The van der Waals surface area contributed by atoms with Gasteiger partial charge in [-0.25, -0.2) is 9.59 Å². The number of thiophene rings is 1. The first kappa shape index (κ1) is 15.4. The normalized spacial score (nSPS) is 21.9. The molecule has 1 fully saturated rings. The number of hydrogen-bond acceptors (Lipinski definition) is 4. The maximum atomic E-state index is 12.4. The molecule has 0 spiro atoms. The highest BCUT2D eigenvalue weighted by molar-refractivity contribution is 7.16. The van der Waals surface area contributed by atoms with E-state index < -0.39 is 12.0 Å². The number of amides is 2. The molecule has 118 valence electrons. The number of nitrogens with zero attached hydrogens (tertiary/aromatic N) is 1. The van der Waals surface area contributed by atoms with Crippen LogP contribution in [0.5, 0.6) is 0 Å². The van der Waals surface area contributed by atoms with E-state index in [-0.39, 0.29) is 6.03 Å². The monoisotopic (exact) mass is 340 g/mol. The summed E-state index contributed by atoms with van der Waals surface area (Å²) in [5.74, 6) is 0.111. The first-order valence-electron chi connectivity index (χ1n) is 7.13. The maximum Gasteiger partial charge on any atom is 0.338 e. The molecule has 2 aliphatic rings. The van der Waals surface area contributed by atoms with E-state index in [4.69, 9.17) is 16.3 Å². The second-order valence-electron chi connectivity index (χ2n) is 5.57. The number of halogens is 1. The summed E-state index contributed by atoms with van der Waals surface area (Å²) in [5, 5.41) is 2.91. The largest absolute Gasteiger partial charge is 0.466 e. The standard InChI is InChI=1S/C15H17ClN2O3S/c1-8-12(14(19)21-2)13(10-5-6-11(16)22-10)17-15(20)18(8)7-9-3-4-9/h5-6,9,13H,3-4,7H2,1-2H3,(H,17,20). The van der Waals surface area contributed by atoms with Crippen molar-refractivity contribution in [2.75, 3.05) is 13.7 Å². The Morgan fingerprint density at radius 2 is 2.23 bits per heavy atom. The van der Waals surface area contributed by atoms with Crippen LogP contribution in [0.3, 0.4) is 0 Å². The molecule has 22 heavy (non-hydrogen) atoms. The Morgan fingerprint density at radius 3 is 2.77 bits per heavy atom. The molecule has 1 unspecified atom stereocenters. The molecular weight excluding hydrogens is 324 g/mol. The fraction of sp³-hybridized carbons (Fsp3) is 0.467. The number of rotatable bonds is 4. The molecule has 2 heterocycles. The topological polar surface area (TPSA) is 58.6 Å². The van der Waals surface area contributed by atoms with Crippen LogP contribution in [0, 0.1) is 5.92 Å². The van der Waals surface area contributed by atoms with Crippen LogP contribution in [0.1, 0.15) is 30.7 Å². The Morgan fingerprint density at radius 1 is 1.50 bits per heavy atom. The van der Waals surface area contributed by atoms with Gasteiger partial charge in [0.25, 0.3) is 0 Å². The minimum absolute atomic E-state index is 0.174. The van der Waals surface area contributed by atoms with Crippen LogP contribution in [0.2, 0.25) is 4.34 Å². The number of carbonyl (C=O) groups excluding carboxylic acids is 2. The van der Waals surface area contributed by atoms with Gasteiger partial charge in [0.2, 0.25) is 0 Å². The fourth-order valence-electron chi connectivity index (χ4n) is 2.63. The van der Waals surface area contributed by atoms with Crippen molar-refractivity contribution in [2.45, 2.75) is 25.8 Å². The van der Waals surface area contributed by atoms with Crippen LogP contribution in [-0.2, 0) is 9.53 Å². The van der Waals surface area contributed by atoms with Crippen LogP contribution < -0.4 is 5.32 Å². The van der Waals surface area contributed by atoms with E-state index in [2.05, 4.69) is 5.32 Å². The maximum absolute atomic E-state index is 12.4. The van der Waals surface area contributed by atoms with Gasteiger partial charge in [-0.2, -0.15) is 0 Å². The van der Waals surface area contributed by atoms with Crippen molar-refractivity contribution in [2.24, 2.45) is 5.92 Å². The third kappa shape index (κ3) is 2.85. The molecule has 3 rings (SSSR count). The van der Waals surface area contributed by atoms with E-state index in [1.165, 1.54) is 18.4 Å². The SMILES string of the molecule is COC(=O)C1=C(C)N(CC2CC2)C(=O)NC1c1ccc(Cl)s1. The van der Waals surface area contributed by atoms with Gasteiger partial charge in [-0.3, -0.25) is 4.90 Å². The molecule has 1 aromatic rings. The molecule has 1 saturated carbocycles. The Kier molecular flexibility index (Phi) is 4.14. The molecule has 0 radical (unpaired) electrons. The van der Waals surface area contributed by atoms with Crippen LogP contribution >= 0.6 is 22.9 Å². The van der Waals surface area contributed by atoms with Crippen molar-refractivity contribution in [3.63, 3.8) is 0 Å². The van der Waals surface area contributed by atoms with Gasteiger partial charge in [-0.1, -0.05) is 11.6 Å². The zero-order valence-electron chi connectivity index (χ0n) is 12.4. The van der Waals surface area contributed by atoms with Crippen molar-refractivity contribution in [1.29, 1.82) is 0 Å². The van der Waals surface area contributed by atoms with E-state index >= 15 is 0 Å². The van der Waals surface area contributed by atoms with Gasteiger partial charge in [0.1, 0.15) is 0 Å². The lowest BCUT2D eigenvalue weighted by Crippen LogP contribution is -2.48. The van der Waals surface area contributed by atoms with Gasteiger partial charge < -0.3 is 10.1 Å². The lowest BCUT2D eigenvalue weighted by Gasteiger charge is -2.34. The summed E-state index contributed by atoms with van der Waals surface area (Å²) in [6, 6.07) is 2.90. The summed E-state index contributed by atoms with van der Waals surface area (Å²) in [7, 11) is 1.35. The molecule has 0 bridgehead atoms. The second kappa shape index (κ2) is 5.93. The Hall–Kier alpha value is -1.53. The van der Waals surface area contributed by atoms with E-state index in [0.717, 1.165) is 17.7 Å². The van der Waals surface area contributed by atoms with Gasteiger partial charge in [0.15, 0.2) is 0 Å². The number of allylic oxidation sites excluding steroid dienone is 1. The van der Waals surface area contributed by atoms with Crippen molar-refractivity contribution in [3.05, 3.63) is 32.6 Å². The Labute approximate surface area is 137 Å². The average Bonchev–Trinajstić information content (AvgIpc) is 3.21. The number of hydrogen-bond donors (Lipinski definition) is 1. The Bertz CT molecular complexity index is 651. The number of nitrogens with one attached hydrogen (secondary N) is 1. The van der Waals surface area contributed by atoms with Crippen molar-refractivity contribution in [1.82, 2.24) is 10.2 Å². The summed E-state index contributed by atoms with van der Waals surface area (Å²) in [4.78, 5) is 27.1. The first-order chi connectivity index (χ1) is 10.5. The molecule has 1 N–H and O–H groups in total. The summed E-state index contributed by atoms with van der Waals surface area (Å²) in [6.45, 7) is 2.45. The zero-order chi connectivity index (χ0) is 15.9. The molecule has 0 saturated heterocycles. The molecule has 1 aliphatic heterocycles. The van der Waals surface area contributed by atoms with Gasteiger partial charge in [0, 0.05) is 17.1 Å². The predicted molar refractivity (Wildman–Crippen MR) is 84.7 cm³/mol. The highest BCUT2D eigenvalue weighted by Gasteiger charge is 2.38. The highest BCUT2D eigenvalue weighted by Crippen LogP contribution is 2.38. The molecule has 1 atom stereocenters. The number of methoxy groups -OCH3 is 1. The minimum Gasteiger partial charge on any atom is -0.466 e. The summed E-state index contributed by atoms with van der Waals surface area (Å²) in [5.41, 5.74) is 1.14. The molecule has 1 aromatic heterocycles. The number of esters is 1. The van der Waals surface area contributed by atoms with Gasteiger partial charge in [-0.05, 0) is 37.8 Å². The predicted octanol–water partition coefficient (Wildman–Crippen LogP) is 3.32. The average molecular weight is 341 g/mol. The highest BCUT2D eigenvalue weighted by atomic mass is 35.5. The van der Waals surface area contributed by atoms with E-state index in [1.54, 1.807) is 17.9 Å². The first-order valence-corrected chi connectivity index (χ1v) is 8.33. The number of urea groups is 1. The van der Waals surface area contributed by atoms with E-state index in [0.29, 0.717) is 28.1 Å². The van der Waals surface area contributed by atoms with Gasteiger partial charge in [-0.15, -0.1) is 11.3 Å². The minimum atomic E-state index is -0.507. The molecular formula is C15H17ClN2O3S. The van der Waals surface area contributed by atoms with Crippen molar-refractivity contribution >= 4 is 34.9 Å². The molecule has 0 aromatic carbocycles. The van der Waals surface area contributed by atoms with E-state index in [9.17, 15) is 9.59 Å². The molecule has 1 aliphatic carbocycles. The smallest absolute Gasteiger partial charge is 0.338 e. The van der Waals surface area contributed by atoms with Crippen LogP contribution in [0.4, 0.5) is 4.79 Å². The van der Waals surface area contributed by atoms with Crippen LogP contribution in [0.15, 0.2) is 23.4 Å². The number of ether oxygens (including phenoxy) is 1. The van der Waals surface area contributed by atoms with Crippen LogP contribution in [0.25, 0.3) is 0 Å². The van der Waals surface area contributed by atoms with Crippen molar-refractivity contribution in [3.8, 4) is 0 Å². The van der Waals surface area contributed by atoms with Gasteiger partial charge >= 0.3 is 12.0 Å². The quantitative estimate of drug-likeness (QED) is 0.855. The summed E-state index contributed by atoms with van der Waals surface area (Å²) < 4.78 is 5.54. The number of carbonyl (C=O) groups is 2. The molecule has 2 amide bonds. The van der Waals surface area contributed by atoms with Gasteiger partial charge in [0.05, 0.1) is 23.1 Å². The third-order valence-corrected chi connectivity index (χ3v) is 5.31. The zero-order valence-corrected chi connectivity index (χ0v) is 14.0. The van der Waals surface area contributed by atoms with Crippen LogP contribution in [-0.4, -0.2) is 30.6 Å². The fourth-order valence-corrected chi connectivity index (χ4v) is 3.75. The second-order valence-corrected chi connectivity index (χ2v) is 7.32. The Balaban J connectivity index is 2.00. The molecule has 5 nitrogen and oxygen atoms in total. The van der Waals surface area contributed by atoms with Crippen molar-refractivity contribution < 1.29 is 14.3 Å². The summed E-state index contributed by atoms with van der Waals surface area (Å²) >= 11 is 7.33. The third-order valence-electron chi connectivity index (χ3n) is 4.02.